The van der Waals surface area contributed by atoms with Crippen LogP contribution in [0.1, 0.15) is 40.7 Å². The number of amides is 3. The van der Waals surface area contributed by atoms with Gasteiger partial charge in [0.05, 0.1) is 0 Å². The van der Waals surface area contributed by atoms with Crippen LogP contribution in [0.2, 0.25) is 0 Å². The second kappa shape index (κ2) is 6.81. The van der Waals surface area contributed by atoms with Gasteiger partial charge in [0, 0.05) is 44.2 Å². The molecule has 7 heteroatoms. The highest BCUT2D eigenvalue weighted by Crippen LogP contribution is 2.28. The molecule has 3 heterocycles. The average molecular weight is 356 g/mol. The molecular formula is C19H24N4O3. The van der Waals surface area contributed by atoms with E-state index in [-0.39, 0.29) is 24.1 Å². The minimum absolute atomic E-state index is 0.106. The minimum atomic E-state index is -0.550. The van der Waals surface area contributed by atoms with E-state index in [4.69, 9.17) is 0 Å². The van der Waals surface area contributed by atoms with Crippen LogP contribution in [0.25, 0.3) is 0 Å². The summed E-state index contributed by atoms with van der Waals surface area (Å²) < 4.78 is 0. The van der Waals surface area contributed by atoms with Crippen LogP contribution in [-0.2, 0) is 22.7 Å². The molecule has 1 aromatic carbocycles. The topological polar surface area (TPSA) is 81.8 Å². The van der Waals surface area contributed by atoms with Gasteiger partial charge < -0.3 is 10.2 Å². The van der Waals surface area contributed by atoms with Crippen molar-refractivity contribution in [3.8, 4) is 0 Å². The van der Waals surface area contributed by atoms with E-state index in [0.29, 0.717) is 24.6 Å². The fourth-order valence-corrected chi connectivity index (χ4v) is 4.17. The fraction of sp³-hybridized carbons (Fsp3) is 0.526. The second-order valence-corrected chi connectivity index (χ2v) is 7.40. The minimum Gasteiger partial charge on any atom is -0.322 e. The van der Waals surface area contributed by atoms with E-state index in [0.717, 1.165) is 37.2 Å². The summed E-state index contributed by atoms with van der Waals surface area (Å²) in [5.41, 5.74) is 2.77. The molecule has 0 aliphatic carbocycles. The molecule has 4 rings (SSSR count). The third-order valence-corrected chi connectivity index (χ3v) is 5.68. The van der Waals surface area contributed by atoms with Crippen LogP contribution in [0.15, 0.2) is 18.2 Å². The molecule has 2 saturated heterocycles. The van der Waals surface area contributed by atoms with Crippen LogP contribution in [0.4, 0.5) is 0 Å². The third-order valence-electron chi connectivity index (χ3n) is 5.68. The molecule has 0 spiro atoms. The molecule has 2 N–H and O–H groups in total. The van der Waals surface area contributed by atoms with E-state index < -0.39 is 6.04 Å². The largest absolute Gasteiger partial charge is 0.322 e. The summed E-state index contributed by atoms with van der Waals surface area (Å²) >= 11 is 0. The van der Waals surface area contributed by atoms with Gasteiger partial charge in [-0.2, -0.15) is 0 Å². The predicted octanol–water partition coefficient (Wildman–Crippen LogP) is 0.241. The number of rotatable bonds is 4. The van der Waals surface area contributed by atoms with E-state index in [1.807, 2.05) is 19.2 Å². The Labute approximate surface area is 152 Å². The summed E-state index contributed by atoms with van der Waals surface area (Å²) in [4.78, 5) is 40.3. The molecule has 3 amide bonds. The highest BCUT2D eigenvalue weighted by molar-refractivity contribution is 6.05. The first-order chi connectivity index (χ1) is 12.5. The van der Waals surface area contributed by atoms with Crippen LogP contribution in [0.3, 0.4) is 0 Å². The van der Waals surface area contributed by atoms with Crippen molar-refractivity contribution in [3.05, 3.63) is 34.9 Å². The zero-order chi connectivity index (χ0) is 18.3. The van der Waals surface area contributed by atoms with E-state index in [1.54, 1.807) is 4.90 Å². The van der Waals surface area contributed by atoms with E-state index in [1.165, 1.54) is 0 Å². The molecule has 3 aliphatic heterocycles. The van der Waals surface area contributed by atoms with Crippen LogP contribution < -0.4 is 10.6 Å². The monoisotopic (exact) mass is 356 g/mol. The Kier molecular flexibility index (Phi) is 4.50. The SMILES string of the molecule is CN[C@@H]1CCN(Cc2ccc3c(c2)C(=O)N(C2CCC(=O)NC2=O)C3)C1. The molecule has 7 nitrogen and oxygen atoms in total. The number of likely N-dealkylation sites (tertiary alicyclic amines) is 1. The highest BCUT2D eigenvalue weighted by atomic mass is 16.2. The zero-order valence-electron chi connectivity index (χ0n) is 15.0. The summed E-state index contributed by atoms with van der Waals surface area (Å²) in [7, 11) is 1.99. The van der Waals surface area contributed by atoms with Gasteiger partial charge in [-0.1, -0.05) is 12.1 Å². The summed E-state index contributed by atoms with van der Waals surface area (Å²) in [5, 5.41) is 5.65. The van der Waals surface area contributed by atoms with Gasteiger partial charge in [-0.25, -0.2) is 0 Å². The average Bonchev–Trinajstić information content (AvgIpc) is 3.20. The van der Waals surface area contributed by atoms with Gasteiger partial charge in [0.2, 0.25) is 11.8 Å². The zero-order valence-corrected chi connectivity index (χ0v) is 15.0. The van der Waals surface area contributed by atoms with Gasteiger partial charge in [-0.3, -0.25) is 24.6 Å². The lowest BCUT2D eigenvalue weighted by Gasteiger charge is -2.29. The number of likely N-dealkylation sites (N-methyl/N-ethyl adjacent to an activating group) is 1. The molecule has 2 atom stereocenters. The predicted molar refractivity (Wildman–Crippen MR) is 95.2 cm³/mol. The third kappa shape index (κ3) is 3.12. The van der Waals surface area contributed by atoms with Gasteiger partial charge >= 0.3 is 0 Å². The number of nitrogens with one attached hydrogen (secondary N) is 2. The quantitative estimate of drug-likeness (QED) is 0.756. The van der Waals surface area contributed by atoms with E-state index in [9.17, 15) is 14.4 Å². The van der Waals surface area contributed by atoms with Crippen LogP contribution >= 0.6 is 0 Å². The Morgan fingerprint density at radius 3 is 2.81 bits per heavy atom. The van der Waals surface area contributed by atoms with Crippen molar-refractivity contribution in [3.63, 3.8) is 0 Å². The van der Waals surface area contributed by atoms with Crippen molar-refractivity contribution in [2.24, 2.45) is 0 Å². The first-order valence-corrected chi connectivity index (χ1v) is 9.21. The molecule has 138 valence electrons. The Bertz CT molecular complexity index is 763. The molecule has 3 aliphatic rings. The maximum Gasteiger partial charge on any atom is 0.255 e. The van der Waals surface area contributed by atoms with Gasteiger partial charge in [0.25, 0.3) is 5.91 Å². The maximum atomic E-state index is 12.8. The molecule has 0 saturated carbocycles. The molecule has 0 aromatic heterocycles. The van der Waals surface area contributed by atoms with Crippen molar-refractivity contribution in [1.29, 1.82) is 0 Å². The number of benzene rings is 1. The standard InChI is InChI=1S/C19H24N4O3/c1-20-14-6-7-22(11-14)9-12-2-3-13-10-23(19(26)15(13)8-12)16-4-5-17(24)21-18(16)25/h2-3,8,14,16,20H,4-7,9-11H2,1H3,(H,21,24,25)/t14-,16?/m1/s1. The fourth-order valence-electron chi connectivity index (χ4n) is 4.17. The second-order valence-electron chi connectivity index (χ2n) is 7.40. The summed E-state index contributed by atoms with van der Waals surface area (Å²) in [6, 6.07) is 6.03. The Hall–Kier alpha value is -2.25. The molecule has 26 heavy (non-hydrogen) atoms. The first kappa shape index (κ1) is 17.2. The molecule has 0 radical (unpaired) electrons. The molecule has 1 unspecified atom stereocenters. The Morgan fingerprint density at radius 1 is 1.23 bits per heavy atom. The summed E-state index contributed by atoms with van der Waals surface area (Å²) in [5.74, 6) is -0.730. The van der Waals surface area contributed by atoms with Crippen molar-refractivity contribution >= 4 is 17.7 Å². The number of imide groups is 1. The van der Waals surface area contributed by atoms with Crippen molar-refractivity contribution < 1.29 is 14.4 Å². The van der Waals surface area contributed by atoms with Crippen molar-refractivity contribution in [2.75, 3.05) is 20.1 Å². The highest BCUT2D eigenvalue weighted by Gasteiger charge is 2.39. The van der Waals surface area contributed by atoms with E-state index >= 15 is 0 Å². The smallest absolute Gasteiger partial charge is 0.255 e. The normalized spacial score (nSPS) is 26.3. The number of hydrogen-bond donors (Lipinski definition) is 2. The maximum absolute atomic E-state index is 12.8. The van der Waals surface area contributed by atoms with Crippen LogP contribution in [0, 0.1) is 0 Å². The van der Waals surface area contributed by atoms with Crippen LogP contribution in [-0.4, -0.2) is 59.7 Å². The lowest BCUT2D eigenvalue weighted by atomic mass is 10.0. The van der Waals surface area contributed by atoms with Crippen molar-refractivity contribution in [1.82, 2.24) is 20.4 Å². The lowest BCUT2D eigenvalue weighted by Crippen LogP contribution is -2.52. The first-order valence-electron chi connectivity index (χ1n) is 9.21. The number of carbonyl (C=O) groups excluding carboxylic acids is 3. The lowest BCUT2D eigenvalue weighted by molar-refractivity contribution is -0.136. The van der Waals surface area contributed by atoms with Gasteiger partial charge in [-0.05, 0) is 37.1 Å². The number of carbonyl (C=O) groups is 3. The van der Waals surface area contributed by atoms with Gasteiger partial charge in [0.15, 0.2) is 0 Å². The van der Waals surface area contributed by atoms with Gasteiger partial charge in [0.1, 0.15) is 6.04 Å². The summed E-state index contributed by atoms with van der Waals surface area (Å²) in [6.07, 6.45) is 1.82. The molecule has 0 bridgehead atoms. The number of hydrogen-bond acceptors (Lipinski definition) is 5. The van der Waals surface area contributed by atoms with Gasteiger partial charge in [-0.15, -0.1) is 0 Å². The molecular weight excluding hydrogens is 332 g/mol. The molecule has 1 aromatic rings. The van der Waals surface area contributed by atoms with Crippen LogP contribution in [0.5, 0.6) is 0 Å². The number of fused-ring (bicyclic) bond motifs is 1. The number of piperidine rings is 1. The van der Waals surface area contributed by atoms with E-state index in [2.05, 4.69) is 21.6 Å². The summed E-state index contributed by atoms with van der Waals surface area (Å²) in [6.45, 7) is 3.34. The Morgan fingerprint density at radius 2 is 2.08 bits per heavy atom. The molecule has 2 fully saturated rings. The number of nitrogens with zero attached hydrogens (tertiary/aromatic N) is 2. The Balaban J connectivity index is 1.47. The van der Waals surface area contributed by atoms with Crippen molar-refractivity contribution in [2.45, 2.75) is 44.4 Å².